The molecule has 144 valence electrons. The second-order valence-electron chi connectivity index (χ2n) is 6.83. The van der Waals surface area contributed by atoms with Gasteiger partial charge in [-0.05, 0) is 50.1 Å². The average molecular weight is 416 g/mol. The first kappa shape index (κ1) is 21.2. The average Bonchev–Trinajstić information content (AvgIpc) is 3.07. The maximum absolute atomic E-state index is 12.8. The van der Waals surface area contributed by atoms with Crippen molar-refractivity contribution in [3.8, 4) is 0 Å². The Hall–Kier alpha value is -1.06. The molecule has 6 nitrogen and oxygen atoms in total. The van der Waals surface area contributed by atoms with Gasteiger partial charge in [0.1, 0.15) is 16.7 Å². The zero-order chi connectivity index (χ0) is 19.2. The minimum Gasteiger partial charge on any atom is -0.444 e. The molecular weight excluding hydrogens is 390 g/mol. The van der Waals surface area contributed by atoms with Crippen LogP contribution in [0.15, 0.2) is 23.4 Å². The van der Waals surface area contributed by atoms with E-state index < -0.39 is 17.7 Å². The van der Waals surface area contributed by atoms with Crippen LogP contribution in [-0.4, -0.2) is 57.5 Å². The molecule has 0 radical (unpaired) electrons. The van der Waals surface area contributed by atoms with Crippen molar-refractivity contribution in [1.29, 1.82) is 0 Å². The lowest BCUT2D eigenvalue weighted by molar-refractivity contribution is -0.131. The molecule has 0 bridgehead atoms. The Bertz CT molecular complexity index is 631. The SMILES string of the molecule is Cc1cccnc1SSCC(NC(=O)OC(C)(C)C)C(=O)N1CCSC1. The smallest absolute Gasteiger partial charge is 0.408 e. The summed E-state index contributed by atoms with van der Waals surface area (Å²) in [6.45, 7) is 8.12. The fraction of sp³-hybridized carbons (Fsp3) is 0.588. The first-order valence-corrected chi connectivity index (χ1v) is 11.8. The molecule has 9 heteroatoms. The molecule has 0 spiro atoms. The minimum absolute atomic E-state index is 0.0632. The van der Waals surface area contributed by atoms with Gasteiger partial charge in [0.15, 0.2) is 0 Å². The van der Waals surface area contributed by atoms with Crippen molar-refractivity contribution in [2.45, 2.75) is 44.4 Å². The van der Waals surface area contributed by atoms with E-state index in [9.17, 15) is 9.59 Å². The molecule has 1 aliphatic rings. The molecule has 1 aliphatic heterocycles. The molecule has 2 heterocycles. The van der Waals surface area contributed by atoms with E-state index in [0.717, 1.165) is 16.3 Å². The molecule has 1 aromatic rings. The summed E-state index contributed by atoms with van der Waals surface area (Å²) in [5, 5.41) is 3.65. The molecule has 1 fully saturated rings. The number of pyridine rings is 1. The highest BCUT2D eigenvalue weighted by Gasteiger charge is 2.29. The standard InChI is InChI=1S/C17H25N3O3S3/c1-12-6-5-7-18-14(12)26-25-10-13(15(21)20-8-9-24-11-20)19-16(22)23-17(2,3)4/h5-7,13H,8-11H2,1-4H3,(H,19,22). The molecule has 0 aromatic carbocycles. The zero-order valence-electron chi connectivity index (χ0n) is 15.5. The molecule has 1 atom stereocenters. The summed E-state index contributed by atoms with van der Waals surface area (Å²) in [5.74, 6) is 1.98. The zero-order valence-corrected chi connectivity index (χ0v) is 17.9. The summed E-state index contributed by atoms with van der Waals surface area (Å²) >= 11 is 1.72. The molecular formula is C17H25N3O3S3. The van der Waals surface area contributed by atoms with E-state index in [0.29, 0.717) is 18.2 Å². The normalized spacial score (nSPS) is 15.6. The van der Waals surface area contributed by atoms with E-state index in [4.69, 9.17) is 4.74 Å². The number of carbonyl (C=O) groups excluding carboxylic acids is 2. The number of rotatable bonds is 6. The highest BCUT2D eigenvalue weighted by Crippen LogP contribution is 2.32. The molecule has 0 saturated carbocycles. The van der Waals surface area contributed by atoms with Crippen LogP contribution in [0.3, 0.4) is 0 Å². The Kier molecular flexibility index (Phi) is 7.97. The van der Waals surface area contributed by atoms with Gasteiger partial charge in [0.2, 0.25) is 5.91 Å². The van der Waals surface area contributed by atoms with Gasteiger partial charge in [0, 0.05) is 24.2 Å². The third-order valence-corrected chi connectivity index (χ3v) is 6.76. The van der Waals surface area contributed by atoms with Crippen LogP contribution < -0.4 is 5.32 Å². The van der Waals surface area contributed by atoms with Gasteiger partial charge in [-0.2, -0.15) is 0 Å². The molecule has 1 aromatic heterocycles. The Morgan fingerprint density at radius 2 is 2.23 bits per heavy atom. The van der Waals surface area contributed by atoms with Gasteiger partial charge in [0.25, 0.3) is 0 Å². The maximum Gasteiger partial charge on any atom is 0.408 e. The predicted octanol–water partition coefficient (Wildman–Crippen LogP) is 3.56. The van der Waals surface area contributed by atoms with Gasteiger partial charge < -0.3 is 15.0 Å². The van der Waals surface area contributed by atoms with Crippen molar-refractivity contribution in [2.24, 2.45) is 0 Å². The minimum atomic E-state index is -0.620. The largest absolute Gasteiger partial charge is 0.444 e. The molecule has 1 unspecified atom stereocenters. The Morgan fingerprint density at radius 1 is 1.46 bits per heavy atom. The first-order valence-electron chi connectivity index (χ1n) is 8.33. The van der Waals surface area contributed by atoms with Crippen LogP contribution in [0.5, 0.6) is 0 Å². The van der Waals surface area contributed by atoms with E-state index in [1.54, 1.807) is 43.6 Å². The molecule has 2 amide bonds. The highest BCUT2D eigenvalue weighted by molar-refractivity contribution is 8.76. The summed E-state index contributed by atoms with van der Waals surface area (Å²) in [6.07, 6.45) is 1.18. The van der Waals surface area contributed by atoms with Gasteiger partial charge in [-0.3, -0.25) is 4.79 Å². The van der Waals surface area contributed by atoms with Crippen molar-refractivity contribution in [2.75, 3.05) is 23.9 Å². The Labute approximate surface area is 167 Å². The summed E-state index contributed by atoms with van der Waals surface area (Å²) in [4.78, 5) is 31.0. The Balaban J connectivity index is 1.96. The van der Waals surface area contributed by atoms with E-state index in [1.165, 1.54) is 21.6 Å². The van der Waals surface area contributed by atoms with E-state index in [-0.39, 0.29) is 5.91 Å². The fourth-order valence-corrected chi connectivity index (χ4v) is 5.42. The third-order valence-electron chi connectivity index (χ3n) is 3.39. The van der Waals surface area contributed by atoms with Crippen molar-refractivity contribution in [3.05, 3.63) is 23.9 Å². The highest BCUT2D eigenvalue weighted by atomic mass is 33.1. The number of amides is 2. The topological polar surface area (TPSA) is 71.5 Å². The number of hydrogen-bond acceptors (Lipinski definition) is 7. The van der Waals surface area contributed by atoms with Crippen molar-refractivity contribution < 1.29 is 14.3 Å². The number of aromatic nitrogens is 1. The number of aryl methyl sites for hydroxylation is 1. The quantitative estimate of drug-likeness (QED) is 0.712. The number of nitrogens with zero attached hydrogens (tertiary/aromatic N) is 2. The van der Waals surface area contributed by atoms with Crippen LogP contribution in [0, 0.1) is 6.92 Å². The lowest BCUT2D eigenvalue weighted by atomic mass is 10.2. The molecule has 1 saturated heterocycles. The molecule has 0 aliphatic carbocycles. The van der Waals surface area contributed by atoms with Crippen LogP contribution in [0.4, 0.5) is 4.79 Å². The monoisotopic (exact) mass is 415 g/mol. The first-order chi connectivity index (χ1) is 12.3. The number of nitrogens with one attached hydrogen (secondary N) is 1. The molecule has 26 heavy (non-hydrogen) atoms. The second-order valence-corrected chi connectivity index (χ2v) is 10.2. The molecule has 2 rings (SSSR count). The Morgan fingerprint density at radius 3 is 2.85 bits per heavy atom. The van der Waals surface area contributed by atoms with Crippen LogP contribution >= 0.6 is 33.3 Å². The summed E-state index contributed by atoms with van der Waals surface area (Å²) in [5.41, 5.74) is 0.484. The van der Waals surface area contributed by atoms with Gasteiger partial charge in [-0.25, -0.2) is 9.78 Å². The van der Waals surface area contributed by atoms with Crippen LogP contribution in [-0.2, 0) is 9.53 Å². The van der Waals surface area contributed by atoms with Gasteiger partial charge in [-0.15, -0.1) is 11.8 Å². The maximum atomic E-state index is 12.8. The van der Waals surface area contributed by atoms with Crippen LogP contribution in [0.2, 0.25) is 0 Å². The van der Waals surface area contributed by atoms with E-state index in [1.807, 2.05) is 19.1 Å². The van der Waals surface area contributed by atoms with Crippen molar-refractivity contribution in [3.63, 3.8) is 0 Å². The van der Waals surface area contributed by atoms with Gasteiger partial charge in [-0.1, -0.05) is 16.9 Å². The number of ether oxygens (including phenoxy) is 1. The summed E-state index contributed by atoms with van der Waals surface area (Å²) in [7, 11) is 3.02. The van der Waals surface area contributed by atoms with E-state index >= 15 is 0 Å². The lowest BCUT2D eigenvalue weighted by Gasteiger charge is -2.25. The number of hydrogen-bond donors (Lipinski definition) is 1. The summed E-state index contributed by atoms with van der Waals surface area (Å²) in [6, 6.07) is 3.27. The fourth-order valence-electron chi connectivity index (χ4n) is 2.15. The predicted molar refractivity (Wildman–Crippen MR) is 109 cm³/mol. The molecule has 1 N–H and O–H groups in total. The van der Waals surface area contributed by atoms with Gasteiger partial charge in [0.05, 0.1) is 5.88 Å². The number of thioether (sulfide) groups is 1. The lowest BCUT2D eigenvalue weighted by Crippen LogP contribution is -2.50. The number of carbonyl (C=O) groups is 2. The van der Waals surface area contributed by atoms with Crippen LogP contribution in [0.25, 0.3) is 0 Å². The van der Waals surface area contributed by atoms with Gasteiger partial charge >= 0.3 is 6.09 Å². The second kappa shape index (κ2) is 9.75. The van der Waals surface area contributed by atoms with Crippen molar-refractivity contribution in [1.82, 2.24) is 15.2 Å². The summed E-state index contributed by atoms with van der Waals surface area (Å²) < 4.78 is 5.31. The van der Waals surface area contributed by atoms with E-state index in [2.05, 4.69) is 10.3 Å². The van der Waals surface area contributed by atoms with Crippen molar-refractivity contribution >= 4 is 45.4 Å². The van der Waals surface area contributed by atoms with Crippen LogP contribution in [0.1, 0.15) is 26.3 Å². The third kappa shape index (κ3) is 6.92. The number of alkyl carbamates (subject to hydrolysis) is 1.